The van der Waals surface area contributed by atoms with E-state index in [0.29, 0.717) is 0 Å². The van der Waals surface area contributed by atoms with Crippen molar-refractivity contribution in [2.45, 2.75) is 46.5 Å². The van der Waals surface area contributed by atoms with Crippen LogP contribution in [0.25, 0.3) is 0 Å². The summed E-state index contributed by atoms with van der Waals surface area (Å²) in [5.41, 5.74) is 5.59. The predicted molar refractivity (Wildman–Crippen MR) is 64.5 cm³/mol. The summed E-state index contributed by atoms with van der Waals surface area (Å²) < 4.78 is 0. The van der Waals surface area contributed by atoms with Gasteiger partial charge in [-0.2, -0.15) is 0 Å². The second-order valence-electron chi connectivity index (χ2n) is 4.52. The first kappa shape index (κ1) is 13.9. The Morgan fingerprint density at radius 2 is 1.71 bits per heavy atom. The fourth-order valence-corrected chi connectivity index (χ4v) is 1.62. The standard InChI is InChI=1S/C12H28N2/c1-4-5-9-14(11-8-13)10-6-7-12(2)3/h12H,4-11,13H2,1-3H3. The molecule has 0 aromatic carbocycles. The van der Waals surface area contributed by atoms with Crippen molar-refractivity contribution in [2.75, 3.05) is 26.2 Å². The summed E-state index contributed by atoms with van der Waals surface area (Å²) in [6.45, 7) is 11.2. The van der Waals surface area contributed by atoms with Crippen molar-refractivity contribution in [1.29, 1.82) is 0 Å². The molecule has 0 amide bonds. The number of nitrogens with two attached hydrogens (primary N) is 1. The summed E-state index contributed by atoms with van der Waals surface area (Å²) in [5.74, 6) is 0.834. The van der Waals surface area contributed by atoms with Gasteiger partial charge in [0.15, 0.2) is 0 Å². The van der Waals surface area contributed by atoms with Gasteiger partial charge in [0.25, 0.3) is 0 Å². The van der Waals surface area contributed by atoms with Gasteiger partial charge < -0.3 is 10.6 Å². The molecule has 0 spiro atoms. The van der Waals surface area contributed by atoms with Crippen LogP contribution in [0, 0.1) is 5.92 Å². The summed E-state index contributed by atoms with van der Waals surface area (Å²) in [6.07, 6.45) is 5.25. The van der Waals surface area contributed by atoms with Crippen LogP contribution in [0.1, 0.15) is 46.5 Å². The fourth-order valence-electron chi connectivity index (χ4n) is 1.62. The van der Waals surface area contributed by atoms with Crippen molar-refractivity contribution in [3.8, 4) is 0 Å². The Morgan fingerprint density at radius 3 is 2.21 bits per heavy atom. The Bertz CT molecular complexity index is 113. The van der Waals surface area contributed by atoms with Gasteiger partial charge in [-0.05, 0) is 38.3 Å². The van der Waals surface area contributed by atoms with Gasteiger partial charge >= 0.3 is 0 Å². The van der Waals surface area contributed by atoms with E-state index in [1.165, 1.54) is 38.8 Å². The molecule has 0 atom stereocenters. The van der Waals surface area contributed by atoms with Gasteiger partial charge in [-0.3, -0.25) is 0 Å². The van der Waals surface area contributed by atoms with Crippen molar-refractivity contribution in [2.24, 2.45) is 11.7 Å². The van der Waals surface area contributed by atoms with Crippen LogP contribution in [-0.2, 0) is 0 Å². The first-order valence-corrected chi connectivity index (χ1v) is 6.13. The molecule has 0 aromatic rings. The Balaban J connectivity index is 3.50. The largest absolute Gasteiger partial charge is 0.329 e. The SMILES string of the molecule is CCCCN(CCN)CCCC(C)C. The normalized spacial score (nSPS) is 11.6. The summed E-state index contributed by atoms with van der Waals surface area (Å²) in [5, 5.41) is 0. The quantitative estimate of drug-likeness (QED) is 0.619. The van der Waals surface area contributed by atoms with Gasteiger partial charge in [0.05, 0.1) is 0 Å². The van der Waals surface area contributed by atoms with E-state index in [9.17, 15) is 0 Å². The lowest BCUT2D eigenvalue weighted by Gasteiger charge is -2.21. The number of unbranched alkanes of at least 4 members (excludes halogenated alkanes) is 1. The lowest BCUT2D eigenvalue weighted by atomic mass is 10.1. The second-order valence-corrected chi connectivity index (χ2v) is 4.52. The predicted octanol–water partition coefficient (Wildman–Crippen LogP) is 2.48. The highest BCUT2D eigenvalue weighted by atomic mass is 15.1. The zero-order valence-corrected chi connectivity index (χ0v) is 10.3. The third-order valence-corrected chi connectivity index (χ3v) is 2.53. The molecule has 14 heavy (non-hydrogen) atoms. The Kier molecular flexibility index (Phi) is 9.42. The summed E-state index contributed by atoms with van der Waals surface area (Å²) >= 11 is 0. The van der Waals surface area contributed by atoms with Crippen molar-refractivity contribution in [1.82, 2.24) is 4.90 Å². The monoisotopic (exact) mass is 200 g/mol. The van der Waals surface area contributed by atoms with Gasteiger partial charge in [0.1, 0.15) is 0 Å². The Labute approximate surface area is 89.9 Å². The topological polar surface area (TPSA) is 29.3 Å². The van der Waals surface area contributed by atoms with Crippen LogP contribution in [0.15, 0.2) is 0 Å². The van der Waals surface area contributed by atoms with E-state index in [1.54, 1.807) is 0 Å². The fraction of sp³-hybridized carbons (Fsp3) is 1.00. The minimum absolute atomic E-state index is 0.797. The maximum absolute atomic E-state index is 5.59. The van der Waals surface area contributed by atoms with Crippen molar-refractivity contribution in [3.05, 3.63) is 0 Å². The minimum atomic E-state index is 0.797. The summed E-state index contributed by atoms with van der Waals surface area (Å²) in [6, 6.07) is 0. The van der Waals surface area contributed by atoms with Crippen LogP contribution in [-0.4, -0.2) is 31.1 Å². The van der Waals surface area contributed by atoms with Crippen LogP contribution in [0.5, 0.6) is 0 Å². The molecule has 0 aliphatic rings. The highest BCUT2D eigenvalue weighted by Crippen LogP contribution is 2.05. The van der Waals surface area contributed by atoms with Crippen molar-refractivity contribution >= 4 is 0 Å². The van der Waals surface area contributed by atoms with Gasteiger partial charge in [-0.25, -0.2) is 0 Å². The molecule has 0 aliphatic heterocycles. The van der Waals surface area contributed by atoms with E-state index >= 15 is 0 Å². The molecule has 0 bridgehead atoms. The van der Waals surface area contributed by atoms with Gasteiger partial charge in [0, 0.05) is 13.1 Å². The van der Waals surface area contributed by atoms with Crippen molar-refractivity contribution in [3.63, 3.8) is 0 Å². The number of hydrogen-bond acceptors (Lipinski definition) is 2. The second kappa shape index (κ2) is 9.47. The molecule has 0 saturated carbocycles. The third kappa shape index (κ3) is 8.52. The van der Waals surface area contributed by atoms with E-state index in [2.05, 4.69) is 25.7 Å². The highest BCUT2D eigenvalue weighted by molar-refractivity contribution is 4.59. The molecule has 2 heteroatoms. The zero-order valence-electron chi connectivity index (χ0n) is 10.3. The third-order valence-electron chi connectivity index (χ3n) is 2.53. The minimum Gasteiger partial charge on any atom is -0.329 e. The van der Waals surface area contributed by atoms with Crippen LogP contribution in [0.4, 0.5) is 0 Å². The molecule has 0 saturated heterocycles. The first-order chi connectivity index (χ1) is 6.70. The summed E-state index contributed by atoms with van der Waals surface area (Å²) in [4.78, 5) is 2.51. The van der Waals surface area contributed by atoms with E-state index < -0.39 is 0 Å². The summed E-state index contributed by atoms with van der Waals surface area (Å²) in [7, 11) is 0. The molecular formula is C12H28N2. The van der Waals surface area contributed by atoms with E-state index in [1.807, 2.05) is 0 Å². The maximum Gasteiger partial charge on any atom is 0.0105 e. The average Bonchev–Trinajstić information content (AvgIpc) is 2.13. The molecule has 0 unspecified atom stereocenters. The van der Waals surface area contributed by atoms with E-state index in [-0.39, 0.29) is 0 Å². The zero-order chi connectivity index (χ0) is 10.8. The van der Waals surface area contributed by atoms with E-state index in [0.717, 1.165) is 19.0 Å². The molecule has 0 aliphatic carbocycles. The van der Waals surface area contributed by atoms with Crippen LogP contribution in [0.2, 0.25) is 0 Å². The Morgan fingerprint density at radius 1 is 1.07 bits per heavy atom. The lowest BCUT2D eigenvalue weighted by molar-refractivity contribution is 0.266. The molecule has 2 nitrogen and oxygen atoms in total. The molecule has 2 N–H and O–H groups in total. The van der Waals surface area contributed by atoms with Gasteiger partial charge in [-0.15, -0.1) is 0 Å². The highest BCUT2D eigenvalue weighted by Gasteiger charge is 2.03. The molecule has 86 valence electrons. The maximum atomic E-state index is 5.59. The molecule has 0 heterocycles. The molecule has 0 aromatic heterocycles. The molecular weight excluding hydrogens is 172 g/mol. The molecule has 0 rings (SSSR count). The van der Waals surface area contributed by atoms with Crippen molar-refractivity contribution < 1.29 is 0 Å². The lowest BCUT2D eigenvalue weighted by Crippen LogP contribution is -2.31. The number of rotatable bonds is 9. The van der Waals surface area contributed by atoms with E-state index in [4.69, 9.17) is 5.73 Å². The van der Waals surface area contributed by atoms with Crippen LogP contribution in [0.3, 0.4) is 0 Å². The number of nitrogens with zero attached hydrogens (tertiary/aromatic N) is 1. The average molecular weight is 200 g/mol. The molecule has 0 fully saturated rings. The Hall–Kier alpha value is -0.0800. The van der Waals surface area contributed by atoms with Crippen LogP contribution >= 0.6 is 0 Å². The van der Waals surface area contributed by atoms with Gasteiger partial charge in [-0.1, -0.05) is 27.2 Å². The number of hydrogen-bond donors (Lipinski definition) is 1. The molecule has 0 radical (unpaired) electrons. The first-order valence-electron chi connectivity index (χ1n) is 6.13. The van der Waals surface area contributed by atoms with Gasteiger partial charge in [0.2, 0.25) is 0 Å². The smallest absolute Gasteiger partial charge is 0.0105 e. The van der Waals surface area contributed by atoms with Crippen LogP contribution < -0.4 is 5.73 Å².